The number of carbonyl (C=O) groups is 1. The monoisotopic (exact) mass is 560 g/mol. The first-order chi connectivity index (χ1) is 19.0. The van der Waals surface area contributed by atoms with E-state index < -0.39 is 17.5 Å². The first-order valence-electron chi connectivity index (χ1n) is 13.8. The molecule has 2 N–H and O–H groups in total. The van der Waals surface area contributed by atoms with Crippen LogP contribution in [0.4, 0.5) is 20.0 Å². The average Bonchev–Trinajstić information content (AvgIpc) is 3.42. The van der Waals surface area contributed by atoms with Crippen molar-refractivity contribution in [1.82, 2.24) is 15.3 Å². The minimum absolute atomic E-state index is 0.214. The van der Waals surface area contributed by atoms with Gasteiger partial charge in [0.05, 0.1) is 5.56 Å². The maximum atomic E-state index is 16.6. The highest BCUT2D eigenvalue weighted by molar-refractivity contribution is 7.16. The molecule has 2 aliphatic heterocycles. The van der Waals surface area contributed by atoms with Crippen LogP contribution in [0.25, 0.3) is 16.3 Å². The van der Waals surface area contributed by atoms with Gasteiger partial charge in [-0.05, 0) is 65.9 Å². The molecule has 1 amide bonds. The number of anilines is 2. The second-order valence-corrected chi connectivity index (χ2v) is 13.0. The average molecular weight is 561 g/mol. The first kappa shape index (κ1) is 26.7. The van der Waals surface area contributed by atoms with Gasteiger partial charge in [0, 0.05) is 63.9 Å². The molecule has 0 saturated carbocycles. The fourth-order valence-electron chi connectivity index (χ4n) is 6.10. The third-order valence-corrected chi connectivity index (χ3v) is 9.08. The van der Waals surface area contributed by atoms with E-state index in [1.54, 1.807) is 27.0 Å². The van der Waals surface area contributed by atoms with E-state index >= 15 is 4.39 Å². The van der Waals surface area contributed by atoms with Gasteiger partial charge in [-0.1, -0.05) is 6.08 Å². The maximum absolute atomic E-state index is 16.6. The minimum atomic E-state index is -0.676. The summed E-state index contributed by atoms with van der Waals surface area (Å²) in [5, 5.41) is 18.1. The lowest BCUT2D eigenvalue weighted by molar-refractivity contribution is 0.0636. The number of aryl methyl sites for hydroxylation is 3. The summed E-state index contributed by atoms with van der Waals surface area (Å²) in [5.74, 6) is 0.376. The molecule has 0 spiro atoms. The largest absolute Gasteiger partial charge is 0.444 e. The third-order valence-electron chi connectivity index (χ3n) is 7.92. The summed E-state index contributed by atoms with van der Waals surface area (Å²) in [5.41, 5.74) is 2.64. The van der Waals surface area contributed by atoms with Crippen molar-refractivity contribution in [1.29, 1.82) is 5.26 Å². The number of pyridine rings is 2. The number of fused-ring (bicyclic) bond motifs is 4. The lowest BCUT2D eigenvalue weighted by Crippen LogP contribution is -2.51. The van der Waals surface area contributed by atoms with Crippen molar-refractivity contribution < 1.29 is 13.9 Å². The van der Waals surface area contributed by atoms with E-state index in [0.717, 1.165) is 47.9 Å². The van der Waals surface area contributed by atoms with E-state index in [0.29, 0.717) is 57.4 Å². The number of amides is 1. The highest BCUT2D eigenvalue weighted by atomic mass is 32.1. The van der Waals surface area contributed by atoms with Gasteiger partial charge in [0.1, 0.15) is 28.2 Å². The van der Waals surface area contributed by atoms with E-state index in [2.05, 4.69) is 26.6 Å². The number of rotatable bonds is 3. The van der Waals surface area contributed by atoms with Crippen LogP contribution in [0, 0.1) is 31.0 Å². The standard InChI is InChI=1S/C30H33FN6O2S/c1-15-16(2)34-27(37-13-17-9-10-18(14-37)35-17)21-12-33-26(25(31)23(15)21)19-7-6-8-22-24(19)20(11-32)28(40-22)36-29(38)39-30(3,4)5/h7,12,17-18,35H,6,8-10,13-14H2,1-5H3,(H,36,38). The van der Waals surface area contributed by atoms with Gasteiger partial charge >= 0.3 is 6.09 Å². The fraction of sp³-hybridized carbons (Fsp3) is 0.467. The number of thiophene rings is 1. The van der Waals surface area contributed by atoms with E-state index in [1.807, 2.05) is 19.9 Å². The number of hydrogen-bond acceptors (Lipinski definition) is 8. The molecule has 3 aromatic rings. The topological polar surface area (TPSA) is 103 Å². The number of halogens is 1. The fourth-order valence-corrected chi connectivity index (χ4v) is 7.27. The predicted octanol–water partition coefficient (Wildman–Crippen LogP) is 5.98. The number of nitrogens with zero attached hydrogens (tertiary/aromatic N) is 4. The van der Waals surface area contributed by atoms with Gasteiger partial charge < -0.3 is 15.0 Å². The van der Waals surface area contributed by atoms with Crippen LogP contribution in [0.1, 0.15) is 73.0 Å². The quantitative estimate of drug-likeness (QED) is 0.406. The van der Waals surface area contributed by atoms with Crippen LogP contribution in [0.15, 0.2) is 12.3 Å². The molecule has 2 fully saturated rings. The van der Waals surface area contributed by atoms with E-state index in [1.165, 1.54) is 11.3 Å². The summed E-state index contributed by atoms with van der Waals surface area (Å²) in [6, 6.07) is 3.09. The number of nitrogens with one attached hydrogen (secondary N) is 2. The molecule has 0 aromatic carbocycles. The molecule has 2 atom stereocenters. The molecule has 2 unspecified atom stereocenters. The molecule has 8 nitrogen and oxygen atoms in total. The maximum Gasteiger partial charge on any atom is 0.412 e. The van der Waals surface area contributed by atoms with Crippen LogP contribution < -0.4 is 15.5 Å². The van der Waals surface area contributed by atoms with E-state index in [4.69, 9.17) is 9.72 Å². The van der Waals surface area contributed by atoms with E-state index in [-0.39, 0.29) is 5.69 Å². The molecule has 1 aliphatic carbocycles. The number of nitriles is 1. The van der Waals surface area contributed by atoms with Gasteiger partial charge in [0.2, 0.25) is 0 Å². The van der Waals surface area contributed by atoms with Crippen LogP contribution in [-0.2, 0) is 11.2 Å². The van der Waals surface area contributed by atoms with Gasteiger partial charge in [0.25, 0.3) is 0 Å². The van der Waals surface area contributed by atoms with Crippen molar-refractivity contribution in [2.75, 3.05) is 23.3 Å². The number of hydrogen-bond donors (Lipinski definition) is 2. The van der Waals surface area contributed by atoms with Crippen LogP contribution in [0.2, 0.25) is 0 Å². The van der Waals surface area contributed by atoms with Crippen LogP contribution in [0.3, 0.4) is 0 Å². The predicted molar refractivity (Wildman–Crippen MR) is 155 cm³/mol. The summed E-state index contributed by atoms with van der Waals surface area (Å²) < 4.78 is 22.0. The highest BCUT2D eigenvalue weighted by Gasteiger charge is 2.35. The van der Waals surface area contributed by atoms with Gasteiger partial charge in [-0.25, -0.2) is 14.2 Å². The van der Waals surface area contributed by atoms with Crippen molar-refractivity contribution in [2.24, 2.45) is 0 Å². The van der Waals surface area contributed by atoms with Crippen molar-refractivity contribution in [2.45, 2.75) is 78.0 Å². The lowest BCUT2D eigenvalue weighted by atomic mass is 9.90. The van der Waals surface area contributed by atoms with Gasteiger partial charge in [-0.2, -0.15) is 5.26 Å². The second-order valence-electron chi connectivity index (χ2n) is 11.9. The molecule has 3 aliphatic rings. The van der Waals surface area contributed by atoms with Gasteiger partial charge in [-0.3, -0.25) is 10.3 Å². The van der Waals surface area contributed by atoms with Crippen molar-refractivity contribution in [3.05, 3.63) is 51.0 Å². The molecule has 2 bridgehead atoms. The number of piperazine rings is 1. The number of ether oxygens (including phenoxy) is 1. The molecule has 0 radical (unpaired) electrons. The van der Waals surface area contributed by atoms with Gasteiger partial charge in [-0.15, -0.1) is 11.3 Å². The Bertz CT molecular complexity index is 1600. The summed E-state index contributed by atoms with van der Waals surface area (Å²) >= 11 is 1.33. The van der Waals surface area contributed by atoms with Crippen molar-refractivity contribution in [3.8, 4) is 6.07 Å². The van der Waals surface area contributed by atoms with Crippen LogP contribution in [0.5, 0.6) is 0 Å². The van der Waals surface area contributed by atoms with Crippen molar-refractivity contribution in [3.63, 3.8) is 0 Å². The van der Waals surface area contributed by atoms with Crippen LogP contribution in [-0.4, -0.2) is 46.8 Å². The number of aromatic nitrogens is 2. The normalized spacial score (nSPS) is 20.2. The van der Waals surface area contributed by atoms with E-state index in [9.17, 15) is 10.1 Å². The lowest BCUT2D eigenvalue weighted by Gasteiger charge is -2.34. The zero-order chi connectivity index (χ0) is 28.3. The Labute approximate surface area is 237 Å². The molecule has 10 heteroatoms. The first-order valence-corrected chi connectivity index (χ1v) is 14.6. The van der Waals surface area contributed by atoms with Crippen LogP contribution >= 0.6 is 11.3 Å². The highest BCUT2D eigenvalue weighted by Crippen LogP contribution is 2.44. The molecular weight excluding hydrogens is 527 g/mol. The zero-order valence-corrected chi connectivity index (χ0v) is 24.3. The summed E-state index contributed by atoms with van der Waals surface area (Å²) in [6.07, 6.45) is 6.72. The summed E-state index contributed by atoms with van der Waals surface area (Å²) in [4.78, 5) is 25.3. The number of allylic oxidation sites excluding steroid dienone is 1. The van der Waals surface area contributed by atoms with Gasteiger partial charge in [0.15, 0.2) is 5.82 Å². The molecule has 6 rings (SSSR count). The second kappa shape index (κ2) is 9.82. The Morgan fingerprint density at radius 3 is 2.67 bits per heavy atom. The third kappa shape index (κ3) is 4.61. The molecule has 5 heterocycles. The molecule has 2 saturated heterocycles. The minimum Gasteiger partial charge on any atom is -0.444 e. The Morgan fingerprint density at radius 1 is 1.27 bits per heavy atom. The summed E-state index contributed by atoms with van der Waals surface area (Å²) in [7, 11) is 0. The SMILES string of the molecule is Cc1nc(N2CC3CCC(C2)N3)c2cnc(C3=CCCc4sc(NC(=O)OC(C)(C)C)c(C#N)c43)c(F)c2c1C. The smallest absolute Gasteiger partial charge is 0.412 e. The molecule has 3 aromatic heterocycles. The molecule has 208 valence electrons. The molecule has 40 heavy (non-hydrogen) atoms. The Hall–Kier alpha value is -3.55. The number of carbonyl (C=O) groups excluding carboxylic acids is 1. The molecular formula is C30H33FN6O2S. The van der Waals surface area contributed by atoms with Crippen molar-refractivity contribution >= 4 is 44.6 Å². The zero-order valence-electron chi connectivity index (χ0n) is 23.4. The summed E-state index contributed by atoms with van der Waals surface area (Å²) in [6.45, 7) is 10.8. The Balaban J connectivity index is 1.43. The Kier molecular flexibility index (Phi) is 6.55. The Morgan fingerprint density at radius 2 is 2.00 bits per heavy atom.